The zero-order chi connectivity index (χ0) is 21.7. The molecule has 0 atom stereocenters. The second-order valence-electron chi connectivity index (χ2n) is 6.55. The van der Waals surface area contributed by atoms with Gasteiger partial charge < -0.3 is 25.4 Å². The number of aromatic carboxylic acids is 1. The van der Waals surface area contributed by atoms with E-state index in [4.69, 9.17) is 21.0 Å². The number of rotatable bonds is 5. The molecule has 0 unspecified atom stereocenters. The number of nitrogens with two attached hydrogens (primary N) is 1. The standard InChI is InChI=1S/C19H21FN6O4/c20-16-12(11-30-19(29)24-18(21)22)2-1-3-15(16)26-8-6-25(7-9-26)13-4-5-14(17(27)28)23-10-13/h1-5,10H,6-9,11H2,(H,27,28)(H4,21,22,24,29). The van der Waals surface area contributed by atoms with Crippen LogP contribution >= 0.6 is 0 Å². The topological polar surface area (TPSA) is 145 Å². The number of nitrogens with one attached hydrogen (secondary N) is 2. The van der Waals surface area contributed by atoms with Crippen molar-refractivity contribution in [2.75, 3.05) is 36.0 Å². The summed E-state index contributed by atoms with van der Waals surface area (Å²) in [4.78, 5) is 30.2. The minimum Gasteiger partial charge on any atom is -0.477 e. The lowest BCUT2D eigenvalue weighted by atomic mass is 10.1. The number of piperazine rings is 1. The highest BCUT2D eigenvalue weighted by molar-refractivity contribution is 5.90. The maximum Gasteiger partial charge on any atom is 0.414 e. The number of carboxylic acids is 1. The van der Waals surface area contributed by atoms with Gasteiger partial charge in [-0.3, -0.25) is 10.7 Å². The van der Waals surface area contributed by atoms with Gasteiger partial charge in [-0.05, 0) is 18.2 Å². The molecule has 1 aliphatic rings. The smallest absolute Gasteiger partial charge is 0.414 e. The molecule has 1 amide bonds. The molecule has 1 aromatic heterocycles. The number of anilines is 2. The molecule has 1 saturated heterocycles. The van der Waals surface area contributed by atoms with Gasteiger partial charge in [-0.25, -0.2) is 19.0 Å². The minimum atomic E-state index is -1.08. The second kappa shape index (κ2) is 9.07. The van der Waals surface area contributed by atoms with Crippen LogP contribution < -0.4 is 20.9 Å². The number of hydrogen-bond acceptors (Lipinski definition) is 7. The second-order valence-corrected chi connectivity index (χ2v) is 6.55. The normalized spacial score (nSPS) is 13.6. The summed E-state index contributed by atoms with van der Waals surface area (Å²) in [5, 5.41) is 17.9. The van der Waals surface area contributed by atoms with Crippen molar-refractivity contribution in [1.82, 2.24) is 10.3 Å². The first-order valence-electron chi connectivity index (χ1n) is 9.09. The first kappa shape index (κ1) is 20.8. The molecule has 0 radical (unpaired) electrons. The van der Waals surface area contributed by atoms with E-state index in [0.717, 1.165) is 5.69 Å². The van der Waals surface area contributed by atoms with E-state index in [2.05, 4.69) is 4.98 Å². The highest BCUT2D eigenvalue weighted by atomic mass is 19.1. The summed E-state index contributed by atoms with van der Waals surface area (Å²) in [6, 6.07) is 8.02. The molecule has 3 rings (SSSR count). The molecule has 0 bridgehead atoms. The van der Waals surface area contributed by atoms with Gasteiger partial charge in [0, 0.05) is 31.7 Å². The van der Waals surface area contributed by atoms with Crippen LogP contribution in [0.4, 0.5) is 20.6 Å². The quantitative estimate of drug-likeness (QED) is 0.422. The van der Waals surface area contributed by atoms with E-state index in [-0.39, 0.29) is 17.9 Å². The number of pyridine rings is 1. The molecular formula is C19H21FN6O4. The summed E-state index contributed by atoms with van der Waals surface area (Å²) in [6.45, 7) is 2.02. The van der Waals surface area contributed by atoms with Crippen molar-refractivity contribution < 1.29 is 23.8 Å². The molecule has 30 heavy (non-hydrogen) atoms. The molecule has 5 N–H and O–H groups in total. The summed E-state index contributed by atoms with van der Waals surface area (Å²) in [5.74, 6) is -2.11. The number of hydrogen-bond donors (Lipinski definition) is 4. The predicted octanol–water partition coefficient (Wildman–Crippen LogP) is 1.37. The van der Waals surface area contributed by atoms with Crippen molar-refractivity contribution in [2.24, 2.45) is 5.73 Å². The molecular weight excluding hydrogens is 395 g/mol. The van der Waals surface area contributed by atoms with Crippen molar-refractivity contribution in [1.29, 1.82) is 5.41 Å². The number of ether oxygens (including phenoxy) is 1. The number of carbonyl (C=O) groups is 2. The first-order valence-corrected chi connectivity index (χ1v) is 9.09. The highest BCUT2D eigenvalue weighted by Crippen LogP contribution is 2.25. The Bertz CT molecular complexity index is 945. The Morgan fingerprint density at radius 2 is 1.90 bits per heavy atom. The van der Waals surface area contributed by atoms with Crippen LogP contribution in [0.25, 0.3) is 0 Å². The third-order valence-electron chi connectivity index (χ3n) is 4.61. The van der Waals surface area contributed by atoms with Gasteiger partial charge in [0.25, 0.3) is 0 Å². The fourth-order valence-corrected chi connectivity index (χ4v) is 3.12. The number of nitrogens with zero attached hydrogens (tertiary/aromatic N) is 3. The summed E-state index contributed by atoms with van der Waals surface area (Å²) in [6.07, 6.45) is 0.590. The lowest BCUT2D eigenvalue weighted by Crippen LogP contribution is -2.47. The molecule has 0 spiro atoms. The molecule has 1 fully saturated rings. The third kappa shape index (κ3) is 4.93. The summed E-state index contributed by atoms with van der Waals surface area (Å²) < 4.78 is 19.8. The van der Waals surface area contributed by atoms with Crippen molar-refractivity contribution in [3.63, 3.8) is 0 Å². The lowest BCUT2D eigenvalue weighted by Gasteiger charge is -2.37. The molecule has 1 aromatic carbocycles. The monoisotopic (exact) mass is 416 g/mol. The van der Waals surface area contributed by atoms with Crippen LogP contribution in [0, 0.1) is 11.2 Å². The van der Waals surface area contributed by atoms with Crippen LogP contribution in [0.1, 0.15) is 16.1 Å². The van der Waals surface area contributed by atoms with Crippen LogP contribution in [0.2, 0.25) is 0 Å². The Morgan fingerprint density at radius 3 is 2.50 bits per heavy atom. The van der Waals surface area contributed by atoms with Crippen LogP contribution in [0.3, 0.4) is 0 Å². The number of halogens is 1. The van der Waals surface area contributed by atoms with Gasteiger partial charge in [0.1, 0.15) is 12.3 Å². The maximum absolute atomic E-state index is 14.9. The van der Waals surface area contributed by atoms with Crippen LogP contribution in [-0.2, 0) is 11.3 Å². The van der Waals surface area contributed by atoms with Gasteiger partial charge >= 0.3 is 12.1 Å². The minimum absolute atomic E-state index is 0.0181. The zero-order valence-corrected chi connectivity index (χ0v) is 16.0. The fraction of sp³-hybridized carbons (Fsp3) is 0.263. The van der Waals surface area contributed by atoms with Gasteiger partial charge in [-0.2, -0.15) is 0 Å². The average molecular weight is 416 g/mol. The number of alkyl carbamates (subject to hydrolysis) is 1. The molecule has 1 aliphatic heterocycles. The number of carbonyl (C=O) groups excluding carboxylic acids is 1. The molecule has 2 heterocycles. The Kier molecular flexibility index (Phi) is 6.30. The van der Waals surface area contributed by atoms with Crippen LogP contribution in [0.5, 0.6) is 0 Å². The van der Waals surface area contributed by atoms with E-state index in [1.165, 1.54) is 18.3 Å². The molecule has 2 aromatic rings. The molecule has 10 nitrogen and oxygen atoms in total. The van der Waals surface area contributed by atoms with Crippen molar-refractivity contribution in [3.05, 3.63) is 53.6 Å². The Hall–Kier alpha value is -3.89. The third-order valence-corrected chi connectivity index (χ3v) is 4.61. The van der Waals surface area contributed by atoms with Crippen molar-refractivity contribution in [2.45, 2.75) is 6.61 Å². The SMILES string of the molecule is N=C(N)NC(=O)OCc1cccc(N2CCN(c3ccc(C(=O)O)nc3)CC2)c1F. The van der Waals surface area contributed by atoms with Crippen LogP contribution in [0.15, 0.2) is 36.5 Å². The molecule has 0 aliphatic carbocycles. The van der Waals surface area contributed by atoms with Gasteiger partial charge in [0.05, 0.1) is 17.6 Å². The van der Waals surface area contributed by atoms with Gasteiger partial charge in [-0.15, -0.1) is 0 Å². The van der Waals surface area contributed by atoms with Gasteiger partial charge in [-0.1, -0.05) is 12.1 Å². The summed E-state index contributed by atoms with van der Waals surface area (Å²) >= 11 is 0. The van der Waals surface area contributed by atoms with Crippen LogP contribution in [-0.4, -0.2) is 54.3 Å². The molecule has 0 saturated carbocycles. The summed E-state index contributed by atoms with van der Waals surface area (Å²) in [7, 11) is 0. The van der Waals surface area contributed by atoms with E-state index < -0.39 is 23.8 Å². The van der Waals surface area contributed by atoms with Gasteiger partial charge in [0.2, 0.25) is 0 Å². The van der Waals surface area contributed by atoms with Crippen molar-refractivity contribution >= 4 is 29.4 Å². The average Bonchev–Trinajstić information content (AvgIpc) is 2.73. The Labute approximate surface area is 171 Å². The predicted molar refractivity (Wildman–Crippen MR) is 107 cm³/mol. The number of benzene rings is 1. The number of guanidine groups is 1. The Balaban J connectivity index is 1.62. The van der Waals surface area contributed by atoms with Crippen molar-refractivity contribution in [3.8, 4) is 0 Å². The molecule has 11 heteroatoms. The van der Waals surface area contributed by atoms with Gasteiger partial charge in [0.15, 0.2) is 11.8 Å². The Morgan fingerprint density at radius 1 is 1.20 bits per heavy atom. The van der Waals surface area contributed by atoms with E-state index in [1.807, 2.05) is 15.1 Å². The van der Waals surface area contributed by atoms with E-state index in [0.29, 0.717) is 31.9 Å². The van der Waals surface area contributed by atoms with E-state index in [9.17, 15) is 14.0 Å². The summed E-state index contributed by atoms with van der Waals surface area (Å²) in [5.41, 5.74) is 6.45. The zero-order valence-electron chi connectivity index (χ0n) is 16.0. The fourth-order valence-electron chi connectivity index (χ4n) is 3.12. The van der Waals surface area contributed by atoms with E-state index in [1.54, 1.807) is 18.2 Å². The maximum atomic E-state index is 14.9. The lowest BCUT2D eigenvalue weighted by molar-refractivity contribution is 0.0690. The van der Waals surface area contributed by atoms with E-state index >= 15 is 0 Å². The molecule has 158 valence electrons. The number of amides is 1. The largest absolute Gasteiger partial charge is 0.477 e. The number of aromatic nitrogens is 1. The highest BCUT2D eigenvalue weighted by Gasteiger charge is 2.22. The first-order chi connectivity index (χ1) is 14.3. The number of carboxylic acid groups (broad SMARTS) is 1.